The summed E-state index contributed by atoms with van der Waals surface area (Å²) >= 11 is 0. The minimum atomic E-state index is -0.881. The highest BCUT2D eigenvalue weighted by atomic mass is 19.1. The molecule has 1 N–H and O–H groups in total. The van der Waals surface area contributed by atoms with Crippen LogP contribution in [0, 0.1) is 5.82 Å². The average Bonchev–Trinajstić information content (AvgIpc) is 2.70. The normalized spacial score (nSPS) is 9.96. The summed E-state index contributed by atoms with van der Waals surface area (Å²) in [7, 11) is 2.33. The van der Waals surface area contributed by atoms with Gasteiger partial charge in [0.15, 0.2) is 6.61 Å². The van der Waals surface area contributed by atoms with Crippen molar-refractivity contribution >= 4 is 29.5 Å². The van der Waals surface area contributed by atoms with Gasteiger partial charge in [-0.2, -0.15) is 0 Å². The minimum absolute atomic E-state index is 0.0115. The number of anilines is 1. The van der Waals surface area contributed by atoms with Gasteiger partial charge in [0.2, 0.25) is 0 Å². The topological polar surface area (TPSA) is 108 Å². The fourth-order valence-electron chi connectivity index (χ4n) is 2.20. The van der Waals surface area contributed by atoms with Gasteiger partial charge in [-0.1, -0.05) is 6.07 Å². The van der Waals surface area contributed by atoms with Gasteiger partial charge in [-0.15, -0.1) is 0 Å². The van der Waals surface area contributed by atoms with Crippen LogP contribution in [0.25, 0.3) is 0 Å². The number of nitrogens with one attached hydrogen (secondary N) is 1. The molecule has 0 radical (unpaired) electrons. The van der Waals surface area contributed by atoms with Crippen LogP contribution in [0.1, 0.15) is 31.1 Å². The van der Waals surface area contributed by atoms with E-state index in [2.05, 4.69) is 14.8 Å². The predicted octanol–water partition coefficient (Wildman–Crippen LogP) is 2.19. The van der Waals surface area contributed by atoms with Crippen molar-refractivity contribution in [3.05, 3.63) is 65.0 Å². The Morgan fingerprint density at radius 2 is 1.46 bits per heavy atom. The van der Waals surface area contributed by atoms with Crippen LogP contribution in [0.15, 0.2) is 42.5 Å². The summed E-state index contributed by atoms with van der Waals surface area (Å²) in [6.07, 6.45) is 0. The van der Waals surface area contributed by atoms with E-state index in [9.17, 15) is 23.6 Å². The van der Waals surface area contributed by atoms with Gasteiger partial charge in [-0.05, 0) is 36.4 Å². The molecular formula is C19H16FNO7. The first-order chi connectivity index (χ1) is 13.3. The Hall–Kier alpha value is -3.75. The first kappa shape index (κ1) is 20.6. The number of hydrogen-bond donors (Lipinski definition) is 1. The summed E-state index contributed by atoms with van der Waals surface area (Å²) in [4.78, 5) is 47.3. The second kappa shape index (κ2) is 9.26. The molecule has 8 nitrogen and oxygen atoms in total. The third-order valence-electron chi connectivity index (χ3n) is 3.45. The molecule has 0 heterocycles. The van der Waals surface area contributed by atoms with Crippen LogP contribution >= 0.6 is 0 Å². The molecule has 0 aromatic heterocycles. The maximum Gasteiger partial charge on any atom is 0.338 e. The monoisotopic (exact) mass is 389 g/mol. The van der Waals surface area contributed by atoms with E-state index < -0.39 is 36.2 Å². The molecular weight excluding hydrogens is 373 g/mol. The van der Waals surface area contributed by atoms with Crippen LogP contribution in [-0.4, -0.2) is 44.6 Å². The second-order valence-electron chi connectivity index (χ2n) is 5.42. The molecule has 0 aliphatic rings. The molecule has 2 aromatic rings. The zero-order valence-electron chi connectivity index (χ0n) is 15.0. The van der Waals surface area contributed by atoms with Crippen LogP contribution in [-0.2, 0) is 19.0 Å². The van der Waals surface area contributed by atoms with Gasteiger partial charge in [0, 0.05) is 5.69 Å². The van der Waals surface area contributed by atoms with Gasteiger partial charge < -0.3 is 19.5 Å². The Bertz CT molecular complexity index is 892. The number of carbonyl (C=O) groups is 4. The molecule has 0 bridgehead atoms. The number of methoxy groups -OCH3 is 2. The van der Waals surface area contributed by atoms with Gasteiger partial charge in [-0.3, -0.25) is 4.79 Å². The van der Waals surface area contributed by atoms with E-state index >= 15 is 0 Å². The highest BCUT2D eigenvalue weighted by molar-refractivity contribution is 6.00. The molecule has 0 aliphatic heterocycles. The predicted molar refractivity (Wildman–Crippen MR) is 94.4 cm³/mol. The van der Waals surface area contributed by atoms with Crippen LogP contribution in [0.2, 0.25) is 0 Å². The van der Waals surface area contributed by atoms with Crippen molar-refractivity contribution in [2.75, 3.05) is 26.1 Å². The third-order valence-corrected chi connectivity index (χ3v) is 3.45. The van der Waals surface area contributed by atoms with Gasteiger partial charge in [-0.25, -0.2) is 18.8 Å². The third kappa shape index (κ3) is 5.37. The van der Waals surface area contributed by atoms with E-state index in [1.165, 1.54) is 30.3 Å². The van der Waals surface area contributed by atoms with Crippen molar-refractivity contribution < 1.29 is 37.8 Å². The van der Waals surface area contributed by atoms with Gasteiger partial charge in [0.05, 0.1) is 30.9 Å². The smallest absolute Gasteiger partial charge is 0.338 e. The summed E-state index contributed by atoms with van der Waals surface area (Å²) in [5.41, 5.74) is 0.0680. The molecule has 28 heavy (non-hydrogen) atoms. The molecule has 0 saturated carbocycles. The number of ether oxygens (including phenoxy) is 3. The Labute approximate surface area is 159 Å². The summed E-state index contributed by atoms with van der Waals surface area (Å²) in [6, 6.07) is 8.62. The molecule has 0 spiro atoms. The summed E-state index contributed by atoms with van der Waals surface area (Å²) in [5, 5.41) is 2.39. The van der Waals surface area contributed by atoms with Gasteiger partial charge in [0.25, 0.3) is 5.91 Å². The number of carbonyl (C=O) groups excluding carboxylic acids is 4. The van der Waals surface area contributed by atoms with Crippen molar-refractivity contribution in [1.29, 1.82) is 0 Å². The van der Waals surface area contributed by atoms with E-state index in [1.54, 1.807) is 0 Å². The van der Waals surface area contributed by atoms with Gasteiger partial charge in [0.1, 0.15) is 5.82 Å². The fourth-order valence-corrected chi connectivity index (χ4v) is 2.20. The fraction of sp³-hybridized carbons (Fsp3) is 0.158. The number of amides is 1. The van der Waals surface area contributed by atoms with Crippen molar-refractivity contribution in [2.24, 2.45) is 0 Å². The van der Waals surface area contributed by atoms with E-state index in [4.69, 9.17) is 4.74 Å². The summed E-state index contributed by atoms with van der Waals surface area (Å²) in [6.45, 7) is -0.661. The lowest BCUT2D eigenvalue weighted by molar-refractivity contribution is -0.119. The zero-order chi connectivity index (χ0) is 20.7. The second-order valence-corrected chi connectivity index (χ2v) is 5.42. The van der Waals surface area contributed by atoms with Crippen LogP contribution in [0.4, 0.5) is 10.1 Å². The molecule has 146 valence electrons. The Morgan fingerprint density at radius 1 is 0.857 bits per heavy atom. The molecule has 2 rings (SSSR count). The van der Waals surface area contributed by atoms with Crippen LogP contribution in [0.3, 0.4) is 0 Å². The lowest BCUT2D eigenvalue weighted by atomic mass is 10.1. The first-order valence-electron chi connectivity index (χ1n) is 7.88. The van der Waals surface area contributed by atoms with Crippen molar-refractivity contribution in [1.82, 2.24) is 0 Å². The Balaban J connectivity index is 2.09. The average molecular weight is 389 g/mol. The maximum atomic E-state index is 13.1. The molecule has 0 fully saturated rings. The molecule has 0 saturated heterocycles. The van der Waals surface area contributed by atoms with E-state index in [0.717, 1.165) is 26.4 Å². The molecule has 1 amide bonds. The van der Waals surface area contributed by atoms with Crippen LogP contribution in [0.5, 0.6) is 0 Å². The lowest BCUT2D eigenvalue weighted by Gasteiger charge is -2.10. The van der Waals surface area contributed by atoms with Crippen LogP contribution < -0.4 is 5.32 Å². The molecule has 0 atom stereocenters. The molecule has 0 unspecified atom stereocenters. The van der Waals surface area contributed by atoms with Crippen molar-refractivity contribution in [2.45, 2.75) is 0 Å². The maximum absolute atomic E-state index is 13.1. The molecule has 2 aromatic carbocycles. The lowest BCUT2D eigenvalue weighted by Crippen LogP contribution is -2.21. The zero-order valence-corrected chi connectivity index (χ0v) is 15.0. The number of halogens is 1. The number of rotatable bonds is 6. The summed E-state index contributed by atoms with van der Waals surface area (Å²) < 4.78 is 27.1. The summed E-state index contributed by atoms with van der Waals surface area (Å²) in [5.74, 6) is -3.68. The minimum Gasteiger partial charge on any atom is -0.465 e. The number of esters is 3. The quantitative estimate of drug-likeness (QED) is 0.596. The largest absolute Gasteiger partial charge is 0.465 e. The number of benzene rings is 2. The Morgan fingerprint density at radius 3 is 2.00 bits per heavy atom. The van der Waals surface area contributed by atoms with E-state index in [1.807, 2.05) is 0 Å². The van der Waals surface area contributed by atoms with Crippen molar-refractivity contribution in [3.63, 3.8) is 0 Å². The van der Waals surface area contributed by atoms with E-state index in [0.29, 0.717) is 0 Å². The molecule has 9 heteroatoms. The highest BCUT2D eigenvalue weighted by Gasteiger charge is 2.16. The first-order valence-corrected chi connectivity index (χ1v) is 7.88. The Kier molecular flexibility index (Phi) is 6.80. The van der Waals surface area contributed by atoms with Gasteiger partial charge >= 0.3 is 17.9 Å². The van der Waals surface area contributed by atoms with Crippen molar-refractivity contribution in [3.8, 4) is 0 Å². The molecule has 0 aliphatic carbocycles. The standard InChI is InChI=1S/C19H16FNO7/c1-26-17(23)12-6-13(18(24)27-2)9-15(8-12)21-16(22)10-28-19(25)11-4-3-5-14(20)7-11/h3-9H,10H2,1-2H3,(H,21,22). The SMILES string of the molecule is COC(=O)c1cc(NC(=O)COC(=O)c2cccc(F)c2)cc(C(=O)OC)c1. The highest BCUT2D eigenvalue weighted by Crippen LogP contribution is 2.17. The van der Waals surface area contributed by atoms with E-state index in [-0.39, 0.29) is 22.4 Å². The number of hydrogen-bond acceptors (Lipinski definition) is 7.